The largest absolute Gasteiger partial charge is 0.465 e. The van der Waals surface area contributed by atoms with Crippen LogP contribution in [-0.4, -0.2) is 58.5 Å². The molecular formula is C21H25N5O2. The highest BCUT2D eigenvalue weighted by Gasteiger charge is 2.23. The average Bonchev–Trinajstić information content (AvgIpc) is 3.15. The molecule has 4 heterocycles. The summed E-state index contributed by atoms with van der Waals surface area (Å²) in [6, 6.07) is 10.2. The predicted molar refractivity (Wildman–Crippen MR) is 107 cm³/mol. The lowest BCUT2D eigenvalue weighted by atomic mass is 10.0. The van der Waals surface area contributed by atoms with E-state index in [1.165, 1.54) is 7.11 Å². The summed E-state index contributed by atoms with van der Waals surface area (Å²) in [7, 11) is 3.55. The van der Waals surface area contributed by atoms with Gasteiger partial charge in [0.1, 0.15) is 11.5 Å². The van der Waals surface area contributed by atoms with Crippen LogP contribution in [0.1, 0.15) is 28.9 Å². The number of ether oxygens (including phenoxy) is 1. The van der Waals surface area contributed by atoms with E-state index in [1.54, 1.807) is 12.3 Å². The van der Waals surface area contributed by atoms with Crippen molar-refractivity contribution in [1.82, 2.24) is 19.3 Å². The second kappa shape index (κ2) is 7.98. The Morgan fingerprint density at radius 1 is 1.21 bits per heavy atom. The van der Waals surface area contributed by atoms with Crippen LogP contribution >= 0.6 is 0 Å². The van der Waals surface area contributed by atoms with Crippen LogP contribution in [0.25, 0.3) is 5.65 Å². The summed E-state index contributed by atoms with van der Waals surface area (Å²) in [5.74, 6) is 0.722. The number of rotatable bonds is 5. The van der Waals surface area contributed by atoms with Gasteiger partial charge < -0.3 is 14.0 Å². The number of anilines is 1. The lowest BCUT2D eigenvalue weighted by Gasteiger charge is -2.37. The Bertz CT molecular complexity index is 948. The number of hydrogen-bond donors (Lipinski definition) is 0. The highest BCUT2D eigenvalue weighted by Crippen LogP contribution is 2.21. The van der Waals surface area contributed by atoms with Crippen molar-refractivity contribution in [3.63, 3.8) is 0 Å². The van der Waals surface area contributed by atoms with Gasteiger partial charge in [-0.15, -0.1) is 0 Å². The zero-order valence-electron chi connectivity index (χ0n) is 16.3. The molecule has 7 heteroatoms. The quantitative estimate of drug-likeness (QED) is 0.635. The summed E-state index contributed by atoms with van der Waals surface area (Å²) in [6.07, 6.45) is 7.81. The van der Waals surface area contributed by atoms with Crippen molar-refractivity contribution in [1.29, 1.82) is 0 Å². The third kappa shape index (κ3) is 3.84. The zero-order chi connectivity index (χ0) is 19.5. The molecule has 0 bridgehead atoms. The van der Waals surface area contributed by atoms with Gasteiger partial charge >= 0.3 is 5.97 Å². The highest BCUT2D eigenvalue weighted by atomic mass is 16.5. The Kier molecular flexibility index (Phi) is 5.25. The number of imidazole rings is 1. The summed E-state index contributed by atoms with van der Waals surface area (Å²) in [5.41, 5.74) is 2.35. The molecule has 1 fully saturated rings. The van der Waals surface area contributed by atoms with Crippen LogP contribution in [0.15, 0.2) is 48.9 Å². The van der Waals surface area contributed by atoms with E-state index >= 15 is 0 Å². The molecular weight excluding hydrogens is 354 g/mol. The fourth-order valence-corrected chi connectivity index (χ4v) is 3.82. The van der Waals surface area contributed by atoms with E-state index in [-0.39, 0.29) is 5.97 Å². The van der Waals surface area contributed by atoms with Crippen LogP contribution in [-0.2, 0) is 11.3 Å². The van der Waals surface area contributed by atoms with Crippen molar-refractivity contribution < 1.29 is 9.53 Å². The Morgan fingerprint density at radius 2 is 2.04 bits per heavy atom. The molecule has 0 amide bonds. The maximum Gasteiger partial charge on any atom is 0.339 e. The Balaban J connectivity index is 1.38. The predicted octanol–water partition coefficient (Wildman–Crippen LogP) is 2.62. The van der Waals surface area contributed by atoms with Crippen LogP contribution in [0.4, 0.5) is 5.82 Å². The molecule has 0 N–H and O–H groups in total. The number of carbonyl (C=O) groups is 1. The lowest BCUT2D eigenvalue weighted by Crippen LogP contribution is -2.43. The molecule has 0 aromatic carbocycles. The molecule has 0 spiro atoms. The van der Waals surface area contributed by atoms with Gasteiger partial charge in [0.25, 0.3) is 0 Å². The third-order valence-electron chi connectivity index (χ3n) is 5.39. The fraction of sp³-hybridized carbons (Fsp3) is 0.381. The third-order valence-corrected chi connectivity index (χ3v) is 5.39. The van der Waals surface area contributed by atoms with Gasteiger partial charge in [-0.2, -0.15) is 0 Å². The van der Waals surface area contributed by atoms with Crippen molar-refractivity contribution in [2.24, 2.45) is 0 Å². The molecule has 1 aliphatic heterocycles. The van der Waals surface area contributed by atoms with Crippen molar-refractivity contribution in [3.05, 3.63) is 60.2 Å². The van der Waals surface area contributed by atoms with E-state index in [4.69, 9.17) is 4.74 Å². The molecule has 4 rings (SSSR count). The molecule has 0 unspecified atom stereocenters. The van der Waals surface area contributed by atoms with Crippen molar-refractivity contribution in [3.8, 4) is 0 Å². The topological polar surface area (TPSA) is 63.0 Å². The molecule has 1 saturated heterocycles. The Labute approximate surface area is 164 Å². The summed E-state index contributed by atoms with van der Waals surface area (Å²) in [6.45, 7) is 2.81. The van der Waals surface area contributed by atoms with Crippen LogP contribution in [0.5, 0.6) is 0 Å². The van der Waals surface area contributed by atoms with Crippen LogP contribution in [0.3, 0.4) is 0 Å². The first-order valence-electron chi connectivity index (χ1n) is 9.56. The number of piperidine rings is 1. The van der Waals surface area contributed by atoms with E-state index in [0.29, 0.717) is 11.6 Å². The highest BCUT2D eigenvalue weighted by molar-refractivity contribution is 5.89. The molecule has 146 valence electrons. The van der Waals surface area contributed by atoms with E-state index in [2.05, 4.69) is 32.9 Å². The van der Waals surface area contributed by atoms with Crippen molar-refractivity contribution >= 4 is 17.4 Å². The number of fused-ring (bicyclic) bond motifs is 1. The molecule has 0 aliphatic carbocycles. The van der Waals surface area contributed by atoms with Crippen LogP contribution in [0.2, 0.25) is 0 Å². The first-order valence-corrected chi connectivity index (χ1v) is 9.56. The second-order valence-corrected chi connectivity index (χ2v) is 7.23. The zero-order valence-corrected chi connectivity index (χ0v) is 16.3. The summed E-state index contributed by atoms with van der Waals surface area (Å²) in [4.78, 5) is 25.6. The first kappa shape index (κ1) is 18.4. The van der Waals surface area contributed by atoms with Crippen molar-refractivity contribution in [2.75, 3.05) is 32.1 Å². The minimum atomic E-state index is -0.339. The maximum atomic E-state index is 11.7. The second-order valence-electron chi connectivity index (χ2n) is 7.23. The SMILES string of the molecule is COC(=O)c1ccc2nc(CN(C)C3CCN(c4ccccn4)CC3)cn2c1. The molecule has 0 atom stereocenters. The summed E-state index contributed by atoms with van der Waals surface area (Å²) >= 11 is 0. The molecule has 0 saturated carbocycles. The normalized spacial score (nSPS) is 15.3. The maximum absolute atomic E-state index is 11.7. The van der Waals surface area contributed by atoms with Gasteiger partial charge in [-0.05, 0) is 44.2 Å². The van der Waals surface area contributed by atoms with Gasteiger partial charge in [0, 0.05) is 44.3 Å². The van der Waals surface area contributed by atoms with Gasteiger partial charge in [0.2, 0.25) is 0 Å². The number of aromatic nitrogens is 3. The number of pyridine rings is 2. The fourth-order valence-electron chi connectivity index (χ4n) is 3.82. The molecule has 28 heavy (non-hydrogen) atoms. The van der Waals surface area contributed by atoms with Gasteiger partial charge in [-0.1, -0.05) is 6.07 Å². The molecule has 7 nitrogen and oxygen atoms in total. The number of carbonyl (C=O) groups excluding carboxylic acids is 1. The molecule has 3 aromatic rings. The van der Waals surface area contributed by atoms with Gasteiger partial charge in [-0.3, -0.25) is 4.90 Å². The van der Waals surface area contributed by atoms with Crippen LogP contribution in [0, 0.1) is 0 Å². The smallest absolute Gasteiger partial charge is 0.339 e. The minimum Gasteiger partial charge on any atom is -0.465 e. The monoisotopic (exact) mass is 379 g/mol. The van der Waals surface area contributed by atoms with E-state index in [9.17, 15) is 4.79 Å². The average molecular weight is 379 g/mol. The van der Waals surface area contributed by atoms with E-state index in [1.807, 2.05) is 35.0 Å². The summed E-state index contributed by atoms with van der Waals surface area (Å²) < 4.78 is 6.68. The van der Waals surface area contributed by atoms with Crippen LogP contribution < -0.4 is 4.90 Å². The van der Waals surface area contributed by atoms with Crippen molar-refractivity contribution in [2.45, 2.75) is 25.4 Å². The van der Waals surface area contributed by atoms with Gasteiger partial charge in [0.05, 0.1) is 18.4 Å². The Morgan fingerprint density at radius 3 is 2.75 bits per heavy atom. The number of methoxy groups -OCH3 is 1. The van der Waals surface area contributed by atoms with Gasteiger partial charge in [0.15, 0.2) is 0 Å². The Hall–Kier alpha value is -2.93. The minimum absolute atomic E-state index is 0.339. The molecule has 3 aromatic heterocycles. The number of hydrogen-bond acceptors (Lipinski definition) is 6. The first-order chi connectivity index (χ1) is 13.6. The molecule has 0 radical (unpaired) electrons. The van der Waals surface area contributed by atoms with Gasteiger partial charge in [-0.25, -0.2) is 14.8 Å². The number of nitrogens with zero attached hydrogens (tertiary/aromatic N) is 5. The lowest BCUT2D eigenvalue weighted by molar-refractivity contribution is 0.0600. The molecule has 1 aliphatic rings. The summed E-state index contributed by atoms with van der Waals surface area (Å²) in [5, 5.41) is 0. The van der Waals surface area contributed by atoms with E-state index in [0.717, 1.165) is 49.6 Å². The number of esters is 1. The van der Waals surface area contributed by atoms with E-state index < -0.39 is 0 Å². The standard InChI is InChI=1S/C21H25N5O2/c1-24(18-8-11-25(12-9-18)19-5-3-4-10-22-19)14-17-15-26-13-16(21(27)28-2)6-7-20(26)23-17/h3-7,10,13,15,18H,8-9,11-12,14H2,1-2H3.